The van der Waals surface area contributed by atoms with Crippen LogP contribution in [0.1, 0.15) is 29.6 Å². The minimum atomic E-state index is -0.928. The van der Waals surface area contributed by atoms with Crippen molar-refractivity contribution in [2.45, 2.75) is 24.6 Å². The number of alkyl halides is 1. The van der Waals surface area contributed by atoms with E-state index in [4.69, 9.17) is 16.3 Å². The highest BCUT2D eigenvalue weighted by atomic mass is 35.5. The molecule has 2 unspecified atom stereocenters. The van der Waals surface area contributed by atoms with Crippen molar-refractivity contribution in [3.8, 4) is 28.0 Å². The molecule has 1 fully saturated rings. The van der Waals surface area contributed by atoms with Crippen LogP contribution in [0.15, 0.2) is 72.8 Å². The second-order valence-electron chi connectivity index (χ2n) is 7.52. The van der Waals surface area contributed by atoms with E-state index in [2.05, 4.69) is 6.07 Å². The number of halogens is 1. The van der Waals surface area contributed by atoms with Gasteiger partial charge in [0.25, 0.3) is 0 Å². The first-order chi connectivity index (χ1) is 14.1. The summed E-state index contributed by atoms with van der Waals surface area (Å²) in [6.07, 6.45) is 3.16. The third-order valence-electron chi connectivity index (χ3n) is 5.48. The van der Waals surface area contributed by atoms with E-state index >= 15 is 0 Å². The summed E-state index contributed by atoms with van der Waals surface area (Å²) in [7, 11) is 0. The molecule has 0 bridgehead atoms. The quantitative estimate of drug-likeness (QED) is 0.475. The lowest BCUT2D eigenvalue weighted by Gasteiger charge is -2.17. The fraction of sp³-hybridized carbons (Fsp3) is 0.240. The normalized spacial score (nSPS) is 18.5. The van der Waals surface area contributed by atoms with E-state index < -0.39 is 5.97 Å². The van der Waals surface area contributed by atoms with Gasteiger partial charge in [0, 0.05) is 10.9 Å². The third-order valence-corrected chi connectivity index (χ3v) is 5.87. The molecule has 3 aromatic carbocycles. The number of hydrogen-bond acceptors (Lipinski definition) is 2. The van der Waals surface area contributed by atoms with Gasteiger partial charge in [0.2, 0.25) is 0 Å². The van der Waals surface area contributed by atoms with E-state index in [1.54, 1.807) is 18.2 Å². The van der Waals surface area contributed by atoms with Crippen LogP contribution >= 0.6 is 11.6 Å². The largest absolute Gasteiger partial charge is 0.493 e. The summed E-state index contributed by atoms with van der Waals surface area (Å²) in [5.41, 5.74) is 4.15. The van der Waals surface area contributed by atoms with Crippen molar-refractivity contribution >= 4 is 17.6 Å². The van der Waals surface area contributed by atoms with Crippen molar-refractivity contribution in [1.29, 1.82) is 0 Å². The number of carboxylic acid groups (broad SMARTS) is 1. The molecule has 148 valence electrons. The number of benzene rings is 3. The van der Waals surface area contributed by atoms with Crippen molar-refractivity contribution in [1.82, 2.24) is 0 Å². The van der Waals surface area contributed by atoms with Gasteiger partial charge in [0.1, 0.15) is 5.75 Å². The maximum Gasteiger partial charge on any atom is 0.335 e. The van der Waals surface area contributed by atoms with Gasteiger partial charge < -0.3 is 9.84 Å². The Hall–Kier alpha value is -2.78. The molecule has 0 aliphatic heterocycles. The van der Waals surface area contributed by atoms with E-state index in [1.165, 1.54) is 0 Å². The number of rotatable bonds is 6. The van der Waals surface area contributed by atoms with E-state index in [9.17, 15) is 9.90 Å². The van der Waals surface area contributed by atoms with Gasteiger partial charge in [-0.3, -0.25) is 0 Å². The Bertz CT molecular complexity index is 1010. The Labute approximate surface area is 175 Å². The van der Waals surface area contributed by atoms with Crippen LogP contribution in [0.3, 0.4) is 0 Å². The van der Waals surface area contributed by atoms with Gasteiger partial charge >= 0.3 is 5.97 Å². The number of para-hydroxylation sites is 1. The first-order valence-electron chi connectivity index (χ1n) is 9.91. The van der Waals surface area contributed by atoms with Crippen molar-refractivity contribution in [3.05, 3.63) is 78.4 Å². The number of carbonyl (C=O) groups is 1. The molecule has 1 N–H and O–H groups in total. The number of hydrogen-bond donors (Lipinski definition) is 1. The lowest BCUT2D eigenvalue weighted by atomic mass is 9.93. The zero-order valence-corrected chi connectivity index (χ0v) is 16.8. The van der Waals surface area contributed by atoms with Crippen LogP contribution in [0, 0.1) is 5.92 Å². The predicted molar refractivity (Wildman–Crippen MR) is 117 cm³/mol. The molecule has 2 atom stereocenters. The fourth-order valence-electron chi connectivity index (χ4n) is 3.98. The molecule has 4 heteroatoms. The van der Waals surface area contributed by atoms with Gasteiger partial charge in [-0.15, -0.1) is 11.6 Å². The molecule has 3 aromatic rings. The van der Waals surface area contributed by atoms with Crippen molar-refractivity contribution in [2.24, 2.45) is 5.92 Å². The summed E-state index contributed by atoms with van der Waals surface area (Å²) in [5, 5.41) is 9.61. The minimum Gasteiger partial charge on any atom is -0.493 e. The fourth-order valence-corrected chi connectivity index (χ4v) is 4.36. The molecule has 0 heterocycles. The third kappa shape index (κ3) is 4.46. The minimum absolute atomic E-state index is 0.265. The monoisotopic (exact) mass is 406 g/mol. The summed E-state index contributed by atoms with van der Waals surface area (Å²) in [5.74, 6) is 0.405. The van der Waals surface area contributed by atoms with Gasteiger partial charge in [-0.1, -0.05) is 54.6 Å². The molecular formula is C25H23ClO3. The average molecular weight is 407 g/mol. The number of ether oxygens (including phenoxy) is 1. The number of carboxylic acids is 1. The van der Waals surface area contributed by atoms with Crippen LogP contribution < -0.4 is 4.74 Å². The molecular weight excluding hydrogens is 384 g/mol. The first kappa shape index (κ1) is 19.5. The van der Waals surface area contributed by atoms with E-state index in [0.29, 0.717) is 12.5 Å². The summed E-state index contributed by atoms with van der Waals surface area (Å²) >= 11 is 6.24. The Kier molecular flexibility index (Phi) is 5.86. The SMILES string of the molecule is O=C(O)c1cccc(-c2ccccc2-c2ccccc2OCC2CCC(Cl)C2)c1. The maximum atomic E-state index is 11.4. The van der Waals surface area contributed by atoms with Crippen molar-refractivity contribution in [3.63, 3.8) is 0 Å². The lowest BCUT2D eigenvalue weighted by molar-refractivity contribution is 0.0697. The summed E-state index contributed by atoms with van der Waals surface area (Å²) in [6.45, 7) is 0.664. The van der Waals surface area contributed by atoms with Gasteiger partial charge in [-0.25, -0.2) is 4.79 Å². The Morgan fingerprint density at radius 2 is 1.66 bits per heavy atom. The highest BCUT2D eigenvalue weighted by Gasteiger charge is 2.23. The van der Waals surface area contributed by atoms with E-state index in [1.807, 2.05) is 48.5 Å². The molecule has 29 heavy (non-hydrogen) atoms. The molecule has 0 radical (unpaired) electrons. The Morgan fingerprint density at radius 3 is 2.38 bits per heavy atom. The van der Waals surface area contributed by atoms with Crippen molar-refractivity contribution in [2.75, 3.05) is 6.61 Å². The molecule has 1 saturated carbocycles. The summed E-state index contributed by atoms with van der Waals surface area (Å²) in [6, 6.07) is 23.1. The highest BCUT2D eigenvalue weighted by Crippen LogP contribution is 2.38. The van der Waals surface area contributed by atoms with Crippen LogP contribution in [0.2, 0.25) is 0 Å². The van der Waals surface area contributed by atoms with E-state index in [-0.39, 0.29) is 10.9 Å². The van der Waals surface area contributed by atoms with Gasteiger partial charge in [0.05, 0.1) is 12.2 Å². The van der Waals surface area contributed by atoms with Crippen LogP contribution in [-0.4, -0.2) is 23.1 Å². The summed E-state index contributed by atoms with van der Waals surface area (Å²) < 4.78 is 6.22. The standard InChI is InChI=1S/C25H23ClO3/c26-20-13-12-17(14-20)16-29-24-11-4-3-10-23(24)22-9-2-1-8-21(22)18-6-5-7-19(15-18)25(27)28/h1-11,15,17,20H,12-14,16H2,(H,27,28). The highest BCUT2D eigenvalue weighted by molar-refractivity contribution is 6.20. The molecule has 0 saturated heterocycles. The van der Waals surface area contributed by atoms with Gasteiger partial charge in [-0.05, 0) is 60.1 Å². The van der Waals surface area contributed by atoms with Crippen LogP contribution in [0.4, 0.5) is 0 Å². The van der Waals surface area contributed by atoms with Gasteiger partial charge in [0.15, 0.2) is 0 Å². The van der Waals surface area contributed by atoms with Crippen molar-refractivity contribution < 1.29 is 14.6 Å². The molecule has 0 amide bonds. The first-order valence-corrected chi connectivity index (χ1v) is 10.3. The van der Waals surface area contributed by atoms with E-state index in [0.717, 1.165) is 47.3 Å². The smallest absolute Gasteiger partial charge is 0.335 e. The number of aromatic carboxylic acids is 1. The second-order valence-corrected chi connectivity index (χ2v) is 8.13. The molecule has 1 aliphatic rings. The molecule has 0 spiro atoms. The predicted octanol–water partition coefficient (Wildman–Crippen LogP) is 6.51. The molecule has 4 rings (SSSR count). The zero-order valence-electron chi connectivity index (χ0n) is 16.1. The average Bonchev–Trinajstić information content (AvgIpc) is 3.18. The Balaban J connectivity index is 1.68. The molecule has 0 aromatic heterocycles. The Morgan fingerprint density at radius 1 is 0.931 bits per heavy atom. The zero-order chi connectivity index (χ0) is 20.2. The van der Waals surface area contributed by atoms with Crippen LogP contribution in [-0.2, 0) is 0 Å². The maximum absolute atomic E-state index is 11.4. The van der Waals surface area contributed by atoms with Gasteiger partial charge in [-0.2, -0.15) is 0 Å². The summed E-state index contributed by atoms with van der Waals surface area (Å²) in [4.78, 5) is 11.4. The molecule has 1 aliphatic carbocycles. The van der Waals surface area contributed by atoms with Crippen LogP contribution in [0.25, 0.3) is 22.3 Å². The lowest BCUT2D eigenvalue weighted by Crippen LogP contribution is -2.09. The molecule has 3 nitrogen and oxygen atoms in total. The second kappa shape index (κ2) is 8.71. The van der Waals surface area contributed by atoms with Crippen LogP contribution in [0.5, 0.6) is 5.75 Å². The topological polar surface area (TPSA) is 46.5 Å².